The summed E-state index contributed by atoms with van der Waals surface area (Å²) in [5.41, 5.74) is 2.37. The molecule has 2 nitrogen and oxygen atoms in total. The largest absolute Gasteiger partial charge is 0.491 e. The van der Waals surface area contributed by atoms with Gasteiger partial charge in [-0.2, -0.15) is 8.78 Å². The molecular formula is C34H46F2O2. The number of hydrogen-bond acceptors (Lipinski definition) is 2. The molecule has 0 saturated heterocycles. The second-order valence-corrected chi connectivity index (χ2v) is 12.3. The van der Waals surface area contributed by atoms with Gasteiger partial charge in [0.1, 0.15) is 6.61 Å². The van der Waals surface area contributed by atoms with Crippen LogP contribution in [0.3, 0.4) is 0 Å². The van der Waals surface area contributed by atoms with Crippen molar-refractivity contribution in [2.24, 2.45) is 29.6 Å². The third-order valence-corrected chi connectivity index (χ3v) is 10.1. The highest BCUT2D eigenvalue weighted by molar-refractivity contribution is 5.35. The Morgan fingerprint density at radius 2 is 1.24 bits per heavy atom. The van der Waals surface area contributed by atoms with Crippen molar-refractivity contribution in [2.45, 2.75) is 103 Å². The van der Waals surface area contributed by atoms with Crippen molar-refractivity contribution < 1.29 is 18.3 Å². The van der Waals surface area contributed by atoms with E-state index in [1.54, 1.807) is 6.92 Å². The van der Waals surface area contributed by atoms with E-state index in [0.29, 0.717) is 5.92 Å². The zero-order valence-corrected chi connectivity index (χ0v) is 23.4. The summed E-state index contributed by atoms with van der Waals surface area (Å²) >= 11 is 0. The molecule has 2 aromatic carbocycles. The van der Waals surface area contributed by atoms with Gasteiger partial charge in [0.05, 0.1) is 6.61 Å². The Labute approximate surface area is 228 Å². The van der Waals surface area contributed by atoms with Gasteiger partial charge >= 0.3 is 0 Å². The summed E-state index contributed by atoms with van der Waals surface area (Å²) in [6.45, 7) is 4.57. The molecule has 0 spiro atoms. The molecular weight excluding hydrogens is 478 g/mol. The molecule has 4 heteroatoms. The molecule has 4 unspecified atom stereocenters. The molecule has 5 rings (SSSR count). The Morgan fingerprint density at radius 1 is 0.658 bits per heavy atom. The fourth-order valence-corrected chi connectivity index (χ4v) is 7.98. The summed E-state index contributed by atoms with van der Waals surface area (Å²) in [5.74, 6) is 3.43. The maximum Gasteiger partial charge on any atom is 0.204 e. The Hall–Kier alpha value is -2.10. The predicted octanol–water partition coefficient (Wildman–Crippen LogP) is 9.85. The van der Waals surface area contributed by atoms with Crippen LogP contribution in [0.15, 0.2) is 36.4 Å². The summed E-state index contributed by atoms with van der Waals surface area (Å²) < 4.78 is 39.1. The smallest absolute Gasteiger partial charge is 0.204 e. The first kappa shape index (κ1) is 27.5. The molecule has 3 aliphatic carbocycles. The van der Waals surface area contributed by atoms with Gasteiger partial charge in [-0.1, -0.05) is 50.5 Å². The van der Waals surface area contributed by atoms with Crippen LogP contribution >= 0.6 is 0 Å². The Bertz CT molecular complexity index is 1030. The summed E-state index contributed by atoms with van der Waals surface area (Å²) in [4.78, 5) is 0. The summed E-state index contributed by atoms with van der Waals surface area (Å²) in [6, 6.07) is 11.4. The van der Waals surface area contributed by atoms with Crippen molar-refractivity contribution in [3.05, 3.63) is 59.2 Å². The summed E-state index contributed by atoms with van der Waals surface area (Å²) in [7, 11) is 0. The van der Waals surface area contributed by atoms with Gasteiger partial charge in [-0.15, -0.1) is 0 Å². The molecule has 2 aromatic rings. The van der Waals surface area contributed by atoms with Crippen molar-refractivity contribution in [3.63, 3.8) is 0 Å². The molecule has 3 fully saturated rings. The molecule has 3 saturated carbocycles. The number of halogens is 2. The Morgan fingerprint density at radius 3 is 1.89 bits per heavy atom. The van der Waals surface area contributed by atoms with Gasteiger partial charge in [0.2, 0.25) is 11.6 Å². The first-order valence-corrected chi connectivity index (χ1v) is 15.4. The van der Waals surface area contributed by atoms with Crippen LogP contribution in [0.25, 0.3) is 0 Å². The fraction of sp³-hybridized carbons (Fsp3) is 0.647. The van der Waals surface area contributed by atoms with E-state index in [2.05, 4.69) is 31.2 Å². The molecule has 38 heavy (non-hydrogen) atoms. The van der Waals surface area contributed by atoms with E-state index >= 15 is 0 Å². The van der Waals surface area contributed by atoms with E-state index in [9.17, 15) is 8.78 Å². The molecule has 0 amide bonds. The first-order valence-electron chi connectivity index (χ1n) is 15.4. The SMILES string of the molecule is CCCC1CCC2CC(C3CCC(c4ccc(COc5ccc(OCC)c(F)c5F)cc4)CC3)CCC2C1. The average molecular weight is 525 g/mol. The lowest BCUT2D eigenvalue weighted by Gasteiger charge is -2.45. The van der Waals surface area contributed by atoms with Crippen LogP contribution in [-0.2, 0) is 6.61 Å². The Balaban J connectivity index is 1.08. The molecule has 0 radical (unpaired) electrons. The van der Waals surface area contributed by atoms with Crippen LogP contribution in [-0.4, -0.2) is 6.61 Å². The minimum absolute atomic E-state index is 0.0846. The van der Waals surface area contributed by atoms with Crippen molar-refractivity contribution >= 4 is 0 Å². The van der Waals surface area contributed by atoms with Gasteiger partial charge in [0.25, 0.3) is 0 Å². The molecule has 3 aliphatic rings. The molecule has 0 bridgehead atoms. The Kier molecular flexibility index (Phi) is 9.28. The standard InChI is InChI=1S/C34H46F2O2/c1-3-5-23-6-11-30-21-29(17-16-28(30)20-23)27-14-12-26(13-15-27)25-9-7-24(8-10-25)22-38-32-19-18-31(37-4-2)33(35)34(32)36/h7-10,18-19,23,26-30H,3-6,11-17,20-22H2,1-2H3. The van der Waals surface area contributed by atoms with Crippen LogP contribution in [0.1, 0.15) is 108 Å². The third-order valence-electron chi connectivity index (χ3n) is 10.1. The first-order chi connectivity index (χ1) is 18.6. The number of ether oxygens (including phenoxy) is 2. The van der Waals surface area contributed by atoms with E-state index in [4.69, 9.17) is 9.47 Å². The topological polar surface area (TPSA) is 18.5 Å². The number of fused-ring (bicyclic) bond motifs is 1. The normalized spacial score (nSPS) is 29.5. The fourth-order valence-electron chi connectivity index (χ4n) is 7.98. The van der Waals surface area contributed by atoms with E-state index in [-0.39, 0.29) is 24.7 Å². The lowest BCUT2D eigenvalue weighted by atomic mass is 9.60. The zero-order chi connectivity index (χ0) is 26.5. The molecule has 0 aromatic heterocycles. The summed E-state index contributed by atoms with van der Waals surface area (Å²) in [5, 5.41) is 0. The highest BCUT2D eigenvalue weighted by Crippen LogP contribution is 2.50. The number of rotatable bonds is 9. The molecule has 208 valence electrons. The highest BCUT2D eigenvalue weighted by Gasteiger charge is 2.38. The van der Waals surface area contributed by atoms with Crippen molar-refractivity contribution in [2.75, 3.05) is 6.61 Å². The van der Waals surface area contributed by atoms with Crippen LogP contribution in [0.5, 0.6) is 11.5 Å². The molecule has 0 heterocycles. The molecule has 0 aliphatic heterocycles. The van der Waals surface area contributed by atoms with Gasteiger partial charge < -0.3 is 9.47 Å². The van der Waals surface area contributed by atoms with Gasteiger partial charge in [-0.05, 0) is 123 Å². The van der Waals surface area contributed by atoms with Crippen molar-refractivity contribution in [1.29, 1.82) is 0 Å². The van der Waals surface area contributed by atoms with Crippen molar-refractivity contribution in [3.8, 4) is 11.5 Å². The number of hydrogen-bond donors (Lipinski definition) is 0. The van der Waals surface area contributed by atoms with Crippen LogP contribution in [0, 0.1) is 41.2 Å². The van der Waals surface area contributed by atoms with Crippen molar-refractivity contribution in [1.82, 2.24) is 0 Å². The number of benzene rings is 2. The van der Waals surface area contributed by atoms with Crippen LogP contribution < -0.4 is 9.47 Å². The van der Waals surface area contributed by atoms with E-state index in [1.165, 1.54) is 94.7 Å². The maximum atomic E-state index is 14.3. The lowest BCUT2D eigenvalue weighted by molar-refractivity contribution is 0.0618. The minimum atomic E-state index is -0.998. The van der Waals surface area contributed by atoms with E-state index in [1.807, 2.05) is 0 Å². The van der Waals surface area contributed by atoms with Crippen LogP contribution in [0.4, 0.5) is 8.78 Å². The van der Waals surface area contributed by atoms with E-state index < -0.39 is 11.6 Å². The van der Waals surface area contributed by atoms with Gasteiger partial charge in [0, 0.05) is 0 Å². The summed E-state index contributed by atoms with van der Waals surface area (Å²) in [6.07, 6.45) is 17.1. The highest BCUT2D eigenvalue weighted by atomic mass is 19.2. The molecule has 0 N–H and O–H groups in total. The second-order valence-electron chi connectivity index (χ2n) is 12.3. The lowest BCUT2D eigenvalue weighted by Crippen LogP contribution is -2.34. The van der Waals surface area contributed by atoms with Crippen LogP contribution in [0.2, 0.25) is 0 Å². The monoisotopic (exact) mass is 524 g/mol. The predicted molar refractivity (Wildman–Crippen MR) is 150 cm³/mol. The van der Waals surface area contributed by atoms with Gasteiger partial charge in [0.15, 0.2) is 11.5 Å². The maximum absolute atomic E-state index is 14.3. The van der Waals surface area contributed by atoms with Gasteiger partial charge in [-0.25, -0.2) is 0 Å². The van der Waals surface area contributed by atoms with E-state index in [0.717, 1.165) is 35.2 Å². The molecule has 4 atom stereocenters. The zero-order valence-electron chi connectivity index (χ0n) is 23.4. The second kappa shape index (κ2) is 12.8. The minimum Gasteiger partial charge on any atom is -0.491 e. The third kappa shape index (κ3) is 6.37. The average Bonchev–Trinajstić information content (AvgIpc) is 2.95. The van der Waals surface area contributed by atoms with Gasteiger partial charge in [-0.3, -0.25) is 0 Å². The quantitative estimate of drug-likeness (QED) is 0.325.